The average Bonchev–Trinajstić information content (AvgIpc) is 2.67. The lowest BCUT2D eigenvalue weighted by Crippen LogP contribution is -2.48. The molecule has 0 aliphatic heterocycles. The first-order chi connectivity index (χ1) is 13.8. The van der Waals surface area contributed by atoms with Crippen molar-refractivity contribution in [2.75, 3.05) is 7.11 Å². The van der Waals surface area contributed by atoms with Gasteiger partial charge in [-0.05, 0) is 41.8 Å². The number of amides is 2. The number of carbonyl (C=O) groups is 3. The number of ether oxygens (including phenoxy) is 1. The molecule has 2 aromatic carbocycles. The van der Waals surface area contributed by atoms with Crippen LogP contribution in [-0.2, 0) is 27.3 Å². The second-order valence-electron chi connectivity index (χ2n) is 6.53. The van der Waals surface area contributed by atoms with Gasteiger partial charge < -0.3 is 20.5 Å². The molecule has 2 amide bonds. The first kappa shape index (κ1) is 21.9. The van der Waals surface area contributed by atoms with Gasteiger partial charge in [0, 0.05) is 13.0 Å². The topological polar surface area (TPSA) is 110 Å². The van der Waals surface area contributed by atoms with Crippen LogP contribution in [-0.4, -0.2) is 40.9 Å². The van der Waals surface area contributed by atoms with Gasteiger partial charge in [-0.2, -0.15) is 0 Å². The second-order valence-corrected chi connectivity index (χ2v) is 6.53. The quantitative estimate of drug-likeness (QED) is 0.633. The largest absolute Gasteiger partial charge is 0.497 e. The van der Waals surface area contributed by atoms with Crippen molar-refractivity contribution in [3.05, 3.63) is 65.5 Å². The van der Waals surface area contributed by atoms with Gasteiger partial charge in [0.1, 0.15) is 17.6 Å². The van der Waals surface area contributed by atoms with Crippen molar-refractivity contribution in [1.29, 1.82) is 0 Å². The number of halogens is 1. The third kappa shape index (κ3) is 6.60. The normalized spacial score (nSPS) is 11.5. The number of carboxylic acids is 1. The number of nitrogens with two attached hydrogens (primary N) is 1. The molecule has 0 spiro atoms. The molecule has 0 radical (unpaired) electrons. The van der Waals surface area contributed by atoms with Gasteiger partial charge in [-0.25, -0.2) is 4.39 Å². The van der Waals surface area contributed by atoms with E-state index in [9.17, 15) is 18.8 Å². The molecular weight excluding hydrogens is 379 g/mol. The van der Waals surface area contributed by atoms with Crippen molar-refractivity contribution in [1.82, 2.24) is 4.90 Å². The molecule has 7 nitrogen and oxygen atoms in total. The average molecular weight is 402 g/mol. The molecule has 0 saturated carbocycles. The maximum Gasteiger partial charge on any atom is 0.303 e. The highest BCUT2D eigenvalue weighted by Crippen LogP contribution is 2.19. The molecule has 0 heterocycles. The molecule has 0 unspecified atom stereocenters. The molecule has 2 rings (SSSR count). The van der Waals surface area contributed by atoms with Crippen LogP contribution in [0.2, 0.25) is 0 Å². The minimum atomic E-state index is -1.11. The molecule has 2 aromatic rings. The van der Waals surface area contributed by atoms with Gasteiger partial charge in [0.15, 0.2) is 0 Å². The highest BCUT2D eigenvalue weighted by Gasteiger charge is 2.29. The van der Waals surface area contributed by atoms with Gasteiger partial charge in [0.2, 0.25) is 11.8 Å². The predicted octanol–water partition coefficient (Wildman–Crippen LogP) is 2.12. The van der Waals surface area contributed by atoms with Crippen LogP contribution in [0.15, 0.2) is 48.5 Å². The standard InChI is InChI=1S/C21H23FN2O5/c1-29-17-7-3-5-15(11-17)13-24(18(21(23)28)8-9-20(26)27)19(25)12-14-4-2-6-16(22)10-14/h2-7,10-11,18H,8-9,12-13H2,1H3,(H2,23,28)(H,26,27)/t18-/m0/s1. The van der Waals surface area contributed by atoms with E-state index < -0.39 is 29.6 Å². The number of rotatable bonds is 10. The summed E-state index contributed by atoms with van der Waals surface area (Å²) >= 11 is 0. The lowest BCUT2D eigenvalue weighted by atomic mass is 10.0. The van der Waals surface area contributed by atoms with Crippen molar-refractivity contribution in [2.24, 2.45) is 5.73 Å². The first-order valence-electron chi connectivity index (χ1n) is 8.98. The number of nitrogens with zero attached hydrogens (tertiary/aromatic N) is 1. The van der Waals surface area contributed by atoms with Crippen molar-refractivity contribution in [3.63, 3.8) is 0 Å². The Hall–Kier alpha value is -3.42. The van der Waals surface area contributed by atoms with Crippen molar-refractivity contribution >= 4 is 17.8 Å². The summed E-state index contributed by atoms with van der Waals surface area (Å²) in [6.45, 7) is 0.0264. The Labute approximate surface area is 167 Å². The maximum atomic E-state index is 13.5. The van der Waals surface area contributed by atoms with Crippen LogP contribution in [0.3, 0.4) is 0 Å². The van der Waals surface area contributed by atoms with E-state index in [4.69, 9.17) is 15.6 Å². The molecule has 0 fully saturated rings. The molecule has 1 atom stereocenters. The van der Waals surface area contributed by atoms with Crippen molar-refractivity contribution in [3.8, 4) is 5.75 Å². The van der Waals surface area contributed by atoms with Crippen LogP contribution in [0.4, 0.5) is 4.39 Å². The lowest BCUT2D eigenvalue weighted by molar-refractivity contribution is -0.142. The summed E-state index contributed by atoms with van der Waals surface area (Å²) in [5.74, 6) is -2.28. The minimum Gasteiger partial charge on any atom is -0.497 e. The van der Waals surface area contributed by atoms with Crippen molar-refractivity contribution in [2.45, 2.75) is 31.8 Å². The van der Waals surface area contributed by atoms with E-state index in [0.29, 0.717) is 16.9 Å². The van der Waals surface area contributed by atoms with E-state index in [2.05, 4.69) is 0 Å². The van der Waals surface area contributed by atoms with Crippen LogP contribution in [0.25, 0.3) is 0 Å². The number of carboxylic acid groups (broad SMARTS) is 1. The zero-order valence-corrected chi connectivity index (χ0v) is 16.0. The highest BCUT2D eigenvalue weighted by molar-refractivity contribution is 5.88. The summed E-state index contributed by atoms with van der Waals surface area (Å²) < 4.78 is 18.6. The fourth-order valence-corrected chi connectivity index (χ4v) is 2.97. The zero-order valence-electron chi connectivity index (χ0n) is 16.0. The minimum absolute atomic E-state index is 0.0264. The van der Waals surface area contributed by atoms with E-state index in [-0.39, 0.29) is 25.8 Å². The van der Waals surface area contributed by atoms with Gasteiger partial charge in [-0.3, -0.25) is 14.4 Å². The van der Waals surface area contributed by atoms with E-state index in [0.717, 1.165) is 0 Å². The summed E-state index contributed by atoms with van der Waals surface area (Å²) in [6, 6.07) is 11.4. The third-order valence-corrected chi connectivity index (χ3v) is 4.39. The van der Waals surface area contributed by atoms with Gasteiger partial charge in [0.25, 0.3) is 0 Å². The molecule has 0 bridgehead atoms. The Bertz CT molecular complexity index is 887. The van der Waals surface area contributed by atoms with E-state index in [1.165, 1.54) is 30.2 Å². The van der Waals surface area contributed by atoms with Crippen LogP contribution < -0.4 is 10.5 Å². The van der Waals surface area contributed by atoms with Crippen LogP contribution in [0.1, 0.15) is 24.0 Å². The Kier molecular flexibility index (Phi) is 7.70. The number of aliphatic carboxylic acids is 1. The first-order valence-corrected chi connectivity index (χ1v) is 8.98. The summed E-state index contributed by atoms with van der Waals surface area (Å²) in [5, 5.41) is 8.97. The summed E-state index contributed by atoms with van der Waals surface area (Å²) in [4.78, 5) is 37.2. The summed E-state index contributed by atoms with van der Waals surface area (Å²) in [5.41, 5.74) is 6.59. The van der Waals surface area contributed by atoms with E-state index in [1.807, 2.05) is 0 Å². The molecule has 8 heteroatoms. The van der Waals surface area contributed by atoms with Crippen molar-refractivity contribution < 1.29 is 28.6 Å². The van der Waals surface area contributed by atoms with Gasteiger partial charge in [-0.15, -0.1) is 0 Å². The SMILES string of the molecule is COc1cccc(CN(C(=O)Cc2cccc(F)c2)[C@@H](CCC(=O)O)C(N)=O)c1. The third-order valence-electron chi connectivity index (χ3n) is 4.39. The van der Waals surface area contributed by atoms with Crippen LogP contribution >= 0.6 is 0 Å². The fraction of sp³-hybridized carbons (Fsp3) is 0.286. The predicted molar refractivity (Wildman–Crippen MR) is 104 cm³/mol. The van der Waals surface area contributed by atoms with E-state index in [1.54, 1.807) is 30.3 Å². The molecule has 0 aliphatic rings. The molecule has 0 aromatic heterocycles. The number of hydrogen-bond donors (Lipinski definition) is 2. The maximum absolute atomic E-state index is 13.5. The van der Waals surface area contributed by atoms with Crippen LogP contribution in [0.5, 0.6) is 5.75 Å². The molecule has 154 valence electrons. The second kappa shape index (κ2) is 10.2. The molecule has 29 heavy (non-hydrogen) atoms. The summed E-state index contributed by atoms with van der Waals surface area (Å²) in [7, 11) is 1.51. The lowest BCUT2D eigenvalue weighted by Gasteiger charge is -2.30. The summed E-state index contributed by atoms with van der Waals surface area (Å²) in [6.07, 6.45) is -0.600. The molecular formula is C21H23FN2O5. The Balaban J connectivity index is 2.32. The fourth-order valence-electron chi connectivity index (χ4n) is 2.97. The number of hydrogen-bond acceptors (Lipinski definition) is 4. The number of primary amides is 1. The molecule has 3 N–H and O–H groups in total. The molecule has 0 saturated heterocycles. The van der Waals surface area contributed by atoms with Crippen LogP contribution in [0, 0.1) is 5.82 Å². The molecule has 0 aliphatic carbocycles. The smallest absolute Gasteiger partial charge is 0.303 e. The number of benzene rings is 2. The van der Waals surface area contributed by atoms with Gasteiger partial charge >= 0.3 is 5.97 Å². The van der Waals surface area contributed by atoms with E-state index >= 15 is 0 Å². The Morgan fingerprint density at radius 2 is 1.83 bits per heavy atom. The number of carbonyl (C=O) groups excluding carboxylic acids is 2. The Morgan fingerprint density at radius 1 is 1.14 bits per heavy atom. The zero-order chi connectivity index (χ0) is 21.4. The highest BCUT2D eigenvalue weighted by atomic mass is 19.1. The van der Waals surface area contributed by atoms with Gasteiger partial charge in [-0.1, -0.05) is 24.3 Å². The Morgan fingerprint density at radius 3 is 2.45 bits per heavy atom. The monoisotopic (exact) mass is 402 g/mol. The number of methoxy groups -OCH3 is 1. The van der Waals surface area contributed by atoms with Gasteiger partial charge in [0.05, 0.1) is 13.5 Å².